The van der Waals surface area contributed by atoms with Gasteiger partial charge >= 0.3 is 0 Å². The Morgan fingerprint density at radius 1 is 0.973 bits per heavy atom. The van der Waals surface area contributed by atoms with Crippen LogP contribution in [0.2, 0.25) is 0 Å². The normalized spacial score (nSPS) is 12.7. The van der Waals surface area contributed by atoms with Gasteiger partial charge in [-0.3, -0.25) is 13.9 Å². The van der Waals surface area contributed by atoms with Crippen molar-refractivity contribution in [3.05, 3.63) is 48.0 Å². The van der Waals surface area contributed by atoms with Crippen molar-refractivity contribution in [1.29, 1.82) is 0 Å². The standard InChI is InChI=1S/C26H37N3O7S/c1-8-18(2)27-26(31)19(3)28(16-20-10-9-11-21(14-20)34-4)25(30)17-29(37(7,32)33)23-13-12-22(35-5)15-24(23)36-6/h9-15,18-19H,8,16-17H2,1-7H3,(H,27,31). The number of rotatable bonds is 13. The predicted octanol–water partition coefficient (Wildman–Crippen LogP) is 2.81. The number of hydrogen-bond donors (Lipinski definition) is 1. The van der Waals surface area contributed by atoms with E-state index >= 15 is 0 Å². The molecule has 0 radical (unpaired) electrons. The van der Waals surface area contributed by atoms with Crippen molar-refractivity contribution in [1.82, 2.24) is 10.2 Å². The highest BCUT2D eigenvalue weighted by Crippen LogP contribution is 2.33. The predicted molar refractivity (Wildman–Crippen MR) is 143 cm³/mol. The summed E-state index contributed by atoms with van der Waals surface area (Å²) in [7, 11) is 0.512. The van der Waals surface area contributed by atoms with Crippen molar-refractivity contribution >= 4 is 27.5 Å². The van der Waals surface area contributed by atoms with Gasteiger partial charge in [0.25, 0.3) is 0 Å². The summed E-state index contributed by atoms with van der Waals surface area (Å²) in [5.74, 6) is 0.397. The highest BCUT2D eigenvalue weighted by molar-refractivity contribution is 7.92. The van der Waals surface area contributed by atoms with E-state index in [1.165, 1.54) is 38.4 Å². The highest BCUT2D eigenvalue weighted by atomic mass is 32.2. The van der Waals surface area contributed by atoms with Gasteiger partial charge in [0.2, 0.25) is 21.8 Å². The number of ether oxygens (including phenoxy) is 3. The van der Waals surface area contributed by atoms with Crippen LogP contribution in [0.3, 0.4) is 0 Å². The van der Waals surface area contributed by atoms with Gasteiger partial charge < -0.3 is 24.4 Å². The van der Waals surface area contributed by atoms with Crippen LogP contribution >= 0.6 is 0 Å². The molecule has 0 aromatic heterocycles. The average molecular weight is 536 g/mol. The monoisotopic (exact) mass is 535 g/mol. The third-order valence-electron chi connectivity index (χ3n) is 5.99. The van der Waals surface area contributed by atoms with Gasteiger partial charge in [0.05, 0.1) is 33.3 Å². The van der Waals surface area contributed by atoms with Crippen LogP contribution in [0, 0.1) is 0 Å². The number of methoxy groups -OCH3 is 3. The number of anilines is 1. The number of carbonyl (C=O) groups is 2. The summed E-state index contributed by atoms with van der Waals surface area (Å²) < 4.78 is 42.5. The van der Waals surface area contributed by atoms with Gasteiger partial charge in [-0.1, -0.05) is 19.1 Å². The molecular weight excluding hydrogens is 498 g/mol. The second-order valence-corrected chi connectivity index (χ2v) is 10.6. The summed E-state index contributed by atoms with van der Waals surface area (Å²) in [6, 6.07) is 10.8. The molecule has 2 aromatic rings. The summed E-state index contributed by atoms with van der Waals surface area (Å²) in [6.45, 7) is 4.98. The first-order chi connectivity index (χ1) is 17.4. The molecule has 11 heteroatoms. The molecule has 2 unspecified atom stereocenters. The Balaban J connectivity index is 2.47. The highest BCUT2D eigenvalue weighted by Gasteiger charge is 2.31. The summed E-state index contributed by atoms with van der Waals surface area (Å²) in [5, 5.41) is 2.90. The number of nitrogens with zero attached hydrogens (tertiary/aromatic N) is 2. The maximum absolute atomic E-state index is 13.7. The van der Waals surface area contributed by atoms with E-state index in [9.17, 15) is 18.0 Å². The van der Waals surface area contributed by atoms with Crippen LogP contribution in [0.1, 0.15) is 32.8 Å². The van der Waals surface area contributed by atoms with Gasteiger partial charge in [-0.2, -0.15) is 0 Å². The van der Waals surface area contributed by atoms with Crippen LogP contribution < -0.4 is 23.8 Å². The van der Waals surface area contributed by atoms with E-state index in [0.717, 1.165) is 22.5 Å². The average Bonchev–Trinajstić information content (AvgIpc) is 2.88. The first-order valence-corrected chi connectivity index (χ1v) is 13.7. The number of carbonyl (C=O) groups excluding carboxylic acids is 2. The third kappa shape index (κ3) is 8.01. The number of nitrogens with one attached hydrogen (secondary N) is 1. The molecule has 10 nitrogen and oxygen atoms in total. The van der Waals surface area contributed by atoms with Crippen LogP contribution in [-0.2, 0) is 26.2 Å². The molecule has 1 N–H and O–H groups in total. The molecule has 2 amide bonds. The lowest BCUT2D eigenvalue weighted by Gasteiger charge is -2.32. The van der Waals surface area contributed by atoms with Gasteiger partial charge in [-0.25, -0.2) is 8.42 Å². The third-order valence-corrected chi connectivity index (χ3v) is 7.12. The number of amides is 2. The molecule has 0 heterocycles. The van der Waals surface area contributed by atoms with Crippen LogP contribution in [-0.4, -0.2) is 71.3 Å². The second kappa shape index (κ2) is 13.2. The topological polar surface area (TPSA) is 114 Å². The van der Waals surface area contributed by atoms with Crippen LogP contribution in [0.25, 0.3) is 0 Å². The molecule has 0 fully saturated rings. The Morgan fingerprint density at radius 3 is 2.19 bits per heavy atom. The SMILES string of the molecule is CCC(C)NC(=O)C(C)N(Cc1cccc(OC)c1)C(=O)CN(c1ccc(OC)cc1OC)S(C)(=O)=O. The minimum absolute atomic E-state index is 0.0719. The minimum atomic E-state index is -3.91. The molecule has 37 heavy (non-hydrogen) atoms. The van der Waals surface area contributed by atoms with E-state index in [4.69, 9.17) is 14.2 Å². The van der Waals surface area contributed by atoms with Crippen molar-refractivity contribution < 1.29 is 32.2 Å². The fourth-order valence-electron chi connectivity index (χ4n) is 3.60. The molecule has 2 aromatic carbocycles. The van der Waals surface area contributed by atoms with Gasteiger partial charge in [-0.05, 0) is 50.1 Å². The van der Waals surface area contributed by atoms with Crippen molar-refractivity contribution in [3.63, 3.8) is 0 Å². The lowest BCUT2D eigenvalue weighted by Crippen LogP contribution is -2.52. The zero-order valence-corrected chi connectivity index (χ0v) is 23.3. The number of hydrogen-bond acceptors (Lipinski definition) is 7. The first kappa shape index (κ1) is 29.8. The fourth-order valence-corrected chi connectivity index (χ4v) is 4.45. The van der Waals surface area contributed by atoms with Gasteiger partial charge in [0.1, 0.15) is 29.8 Å². The van der Waals surface area contributed by atoms with Crippen LogP contribution in [0.4, 0.5) is 5.69 Å². The molecule has 0 spiro atoms. The maximum atomic E-state index is 13.7. The molecule has 0 aliphatic rings. The largest absolute Gasteiger partial charge is 0.497 e. The van der Waals surface area contributed by atoms with E-state index < -0.39 is 28.5 Å². The Kier molecular flexibility index (Phi) is 10.6. The van der Waals surface area contributed by atoms with Crippen LogP contribution in [0.5, 0.6) is 17.2 Å². The first-order valence-electron chi connectivity index (χ1n) is 11.9. The lowest BCUT2D eigenvalue weighted by atomic mass is 10.1. The molecular formula is C26H37N3O7S. The molecule has 2 atom stereocenters. The summed E-state index contributed by atoms with van der Waals surface area (Å²) in [6.07, 6.45) is 1.73. The van der Waals surface area contributed by atoms with Gasteiger partial charge in [-0.15, -0.1) is 0 Å². The maximum Gasteiger partial charge on any atom is 0.244 e. The van der Waals surface area contributed by atoms with E-state index in [1.807, 2.05) is 19.9 Å². The number of benzene rings is 2. The Labute approximate surface area is 219 Å². The molecule has 0 bridgehead atoms. The smallest absolute Gasteiger partial charge is 0.244 e. The molecule has 2 rings (SSSR count). The quantitative estimate of drug-likeness (QED) is 0.419. The lowest BCUT2D eigenvalue weighted by molar-refractivity contribution is -0.139. The molecule has 0 aliphatic heterocycles. The Morgan fingerprint density at radius 2 is 1.62 bits per heavy atom. The number of sulfonamides is 1. The summed E-state index contributed by atoms with van der Waals surface area (Å²) >= 11 is 0. The fraction of sp³-hybridized carbons (Fsp3) is 0.462. The minimum Gasteiger partial charge on any atom is -0.497 e. The summed E-state index contributed by atoms with van der Waals surface area (Å²) in [5.41, 5.74) is 0.904. The van der Waals surface area contributed by atoms with E-state index in [0.29, 0.717) is 11.5 Å². The molecule has 0 saturated carbocycles. The van der Waals surface area contributed by atoms with Crippen LogP contribution in [0.15, 0.2) is 42.5 Å². The van der Waals surface area contributed by atoms with E-state index in [2.05, 4.69) is 5.32 Å². The summed E-state index contributed by atoms with van der Waals surface area (Å²) in [4.78, 5) is 28.1. The Bertz CT molecular complexity index is 1190. The molecule has 204 valence electrons. The van der Waals surface area contributed by atoms with Crippen molar-refractivity contribution in [2.45, 2.75) is 45.8 Å². The Hall–Kier alpha value is -3.47. The van der Waals surface area contributed by atoms with E-state index in [-0.39, 0.29) is 29.9 Å². The van der Waals surface area contributed by atoms with Crippen molar-refractivity contribution in [3.8, 4) is 17.2 Å². The van der Waals surface area contributed by atoms with Gasteiger partial charge in [0, 0.05) is 18.7 Å². The van der Waals surface area contributed by atoms with E-state index in [1.54, 1.807) is 31.2 Å². The zero-order chi connectivity index (χ0) is 27.8. The van der Waals surface area contributed by atoms with Crippen molar-refractivity contribution in [2.75, 3.05) is 38.4 Å². The van der Waals surface area contributed by atoms with Crippen molar-refractivity contribution in [2.24, 2.45) is 0 Å². The van der Waals surface area contributed by atoms with Gasteiger partial charge in [0.15, 0.2) is 0 Å². The molecule has 0 aliphatic carbocycles. The second-order valence-electron chi connectivity index (χ2n) is 8.67. The molecule has 0 saturated heterocycles. The zero-order valence-electron chi connectivity index (χ0n) is 22.5.